The van der Waals surface area contributed by atoms with Crippen molar-refractivity contribution in [3.8, 4) is 0 Å². The highest BCUT2D eigenvalue weighted by Gasteiger charge is 2.23. The monoisotopic (exact) mass is 488 g/mol. The van der Waals surface area contributed by atoms with E-state index in [0.717, 1.165) is 67.1 Å². The van der Waals surface area contributed by atoms with Crippen LogP contribution in [0.15, 0.2) is 65.4 Å². The third kappa shape index (κ3) is 6.10. The molecule has 0 spiro atoms. The molecule has 9 heteroatoms. The maximum Gasteiger partial charge on any atom is 0.241 e. The Hall–Kier alpha value is -3.69. The first-order valence-electron chi connectivity index (χ1n) is 12.6. The van der Waals surface area contributed by atoms with Crippen LogP contribution in [0.5, 0.6) is 0 Å². The SMILES string of the molecule is O=C(Nc1ccc(CN(Cc2ccc(NC(=O)C3CCCN3)cc2)c2ccon2)cc1)C1CCCN1. The normalized spacial score (nSPS) is 19.2. The smallest absolute Gasteiger partial charge is 0.241 e. The molecule has 2 saturated heterocycles. The second-order valence-electron chi connectivity index (χ2n) is 9.38. The third-order valence-corrected chi connectivity index (χ3v) is 6.69. The van der Waals surface area contributed by atoms with Gasteiger partial charge in [0.05, 0.1) is 12.1 Å². The number of rotatable bonds is 9. The van der Waals surface area contributed by atoms with E-state index in [9.17, 15) is 9.59 Å². The molecule has 2 fully saturated rings. The highest BCUT2D eigenvalue weighted by Crippen LogP contribution is 2.21. The molecule has 9 nitrogen and oxygen atoms in total. The van der Waals surface area contributed by atoms with Crippen LogP contribution >= 0.6 is 0 Å². The van der Waals surface area contributed by atoms with Crippen molar-refractivity contribution < 1.29 is 14.1 Å². The molecule has 2 aliphatic rings. The molecule has 2 atom stereocenters. The first-order chi connectivity index (χ1) is 17.6. The standard InChI is InChI=1S/C27H32N6O3/c34-26(23-3-1-14-28-23)30-21-9-5-19(6-10-21)17-33(25-13-16-36-32-25)18-20-7-11-22(12-8-20)31-27(35)24-4-2-15-29-24/h5-13,16,23-24,28-29H,1-4,14-15,17-18H2,(H,30,34)(H,31,35). The second-order valence-corrected chi connectivity index (χ2v) is 9.38. The highest BCUT2D eigenvalue weighted by atomic mass is 16.5. The molecule has 2 aromatic carbocycles. The molecule has 3 heterocycles. The number of amides is 2. The van der Waals surface area contributed by atoms with Gasteiger partial charge in [0.25, 0.3) is 0 Å². The van der Waals surface area contributed by atoms with Crippen LogP contribution in [-0.4, -0.2) is 42.1 Å². The van der Waals surface area contributed by atoms with Gasteiger partial charge >= 0.3 is 0 Å². The number of hydrogen-bond acceptors (Lipinski definition) is 7. The fourth-order valence-electron chi connectivity index (χ4n) is 4.69. The van der Waals surface area contributed by atoms with Gasteiger partial charge in [-0.15, -0.1) is 0 Å². The molecule has 3 aromatic rings. The fourth-order valence-corrected chi connectivity index (χ4v) is 4.69. The summed E-state index contributed by atoms with van der Waals surface area (Å²) in [5, 5.41) is 16.6. The van der Waals surface area contributed by atoms with Gasteiger partial charge in [0.2, 0.25) is 11.8 Å². The number of aromatic nitrogens is 1. The van der Waals surface area contributed by atoms with Gasteiger partial charge in [-0.2, -0.15) is 0 Å². The Labute approximate surface area is 210 Å². The van der Waals surface area contributed by atoms with Crippen molar-refractivity contribution in [1.82, 2.24) is 15.8 Å². The van der Waals surface area contributed by atoms with Crippen molar-refractivity contribution >= 4 is 29.0 Å². The van der Waals surface area contributed by atoms with E-state index in [-0.39, 0.29) is 23.9 Å². The lowest BCUT2D eigenvalue weighted by Crippen LogP contribution is -2.35. The molecule has 188 valence electrons. The van der Waals surface area contributed by atoms with Crippen LogP contribution in [0.4, 0.5) is 17.2 Å². The predicted octanol–water partition coefficient (Wildman–Crippen LogP) is 3.26. The van der Waals surface area contributed by atoms with E-state index in [2.05, 4.69) is 31.3 Å². The van der Waals surface area contributed by atoms with Crippen molar-refractivity contribution in [2.24, 2.45) is 0 Å². The van der Waals surface area contributed by atoms with Gasteiger partial charge in [-0.3, -0.25) is 9.59 Å². The summed E-state index contributed by atoms with van der Waals surface area (Å²) in [6, 6.07) is 17.4. The minimum Gasteiger partial charge on any atom is -0.363 e. The molecule has 0 bridgehead atoms. The van der Waals surface area contributed by atoms with Crippen LogP contribution < -0.4 is 26.2 Å². The van der Waals surface area contributed by atoms with Crippen LogP contribution in [0.1, 0.15) is 36.8 Å². The lowest BCUT2D eigenvalue weighted by atomic mass is 10.1. The first kappa shape index (κ1) is 24.0. The number of carbonyl (C=O) groups excluding carboxylic acids is 2. The first-order valence-corrected chi connectivity index (χ1v) is 12.6. The Morgan fingerprint density at radius 1 is 0.806 bits per heavy atom. The minimum absolute atomic E-state index is 0.0172. The summed E-state index contributed by atoms with van der Waals surface area (Å²) in [6.07, 6.45) is 5.38. The number of anilines is 3. The molecular weight excluding hydrogens is 456 g/mol. The molecule has 0 radical (unpaired) electrons. The maximum atomic E-state index is 12.4. The van der Waals surface area contributed by atoms with Gasteiger partial charge in [-0.25, -0.2) is 0 Å². The quantitative estimate of drug-likeness (QED) is 0.366. The summed E-state index contributed by atoms with van der Waals surface area (Å²) >= 11 is 0. The Morgan fingerprint density at radius 2 is 1.31 bits per heavy atom. The molecule has 36 heavy (non-hydrogen) atoms. The zero-order chi connectivity index (χ0) is 24.7. The number of benzene rings is 2. The summed E-state index contributed by atoms with van der Waals surface area (Å²) in [6.45, 7) is 3.03. The van der Waals surface area contributed by atoms with E-state index < -0.39 is 0 Å². The van der Waals surface area contributed by atoms with Gasteiger partial charge in [0.1, 0.15) is 6.26 Å². The van der Waals surface area contributed by atoms with Gasteiger partial charge in [0, 0.05) is 30.5 Å². The molecule has 0 aliphatic carbocycles. The highest BCUT2D eigenvalue weighted by molar-refractivity contribution is 5.95. The van der Waals surface area contributed by atoms with E-state index in [1.165, 1.54) is 0 Å². The van der Waals surface area contributed by atoms with Crippen LogP contribution in [0.3, 0.4) is 0 Å². The van der Waals surface area contributed by atoms with Crippen molar-refractivity contribution in [3.05, 3.63) is 72.0 Å². The number of carbonyl (C=O) groups is 2. The summed E-state index contributed by atoms with van der Waals surface area (Å²) in [7, 11) is 0. The van der Waals surface area contributed by atoms with Crippen LogP contribution in [0, 0.1) is 0 Å². The van der Waals surface area contributed by atoms with Crippen LogP contribution in [0.2, 0.25) is 0 Å². The second kappa shape index (κ2) is 11.4. The summed E-state index contributed by atoms with van der Waals surface area (Å²) in [5.74, 6) is 0.775. The predicted molar refractivity (Wildman–Crippen MR) is 139 cm³/mol. The van der Waals surface area contributed by atoms with Gasteiger partial charge in [0.15, 0.2) is 5.82 Å². The average molecular weight is 489 g/mol. The summed E-state index contributed by atoms with van der Waals surface area (Å²) < 4.78 is 5.10. The minimum atomic E-state index is -0.105. The zero-order valence-corrected chi connectivity index (χ0v) is 20.2. The van der Waals surface area contributed by atoms with Crippen LogP contribution in [0.25, 0.3) is 0 Å². The van der Waals surface area contributed by atoms with E-state index in [4.69, 9.17) is 4.52 Å². The Bertz CT molecular complexity index is 1060. The third-order valence-electron chi connectivity index (χ3n) is 6.69. The van der Waals surface area contributed by atoms with Crippen molar-refractivity contribution in [1.29, 1.82) is 0 Å². The molecule has 5 rings (SSSR count). The van der Waals surface area contributed by atoms with E-state index >= 15 is 0 Å². The van der Waals surface area contributed by atoms with E-state index in [1.807, 2.05) is 54.6 Å². The van der Waals surface area contributed by atoms with E-state index in [1.54, 1.807) is 6.26 Å². The van der Waals surface area contributed by atoms with Gasteiger partial charge in [-0.1, -0.05) is 29.4 Å². The van der Waals surface area contributed by atoms with E-state index in [0.29, 0.717) is 13.1 Å². The van der Waals surface area contributed by atoms with Crippen LogP contribution in [-0.2, 0) is 22.7 Å². The molecule has 0 saturated carbocycles. The summed E-state index contributed by atoms with van der Waals surface area (Å²) in [5.41, 5.74) is 3.75. The number of nitrogens with zero attached hydrogens (tertiary/aromatic N) is 2. The summed E-state index contributed by atoms with van der Waals surface area (Å²) in [4.78, 5) is 26.8. The molecule has 2 amide bonds. The van der Waals surface area contributed by atoms with Crippen molar-refractivity contribution in [2.75, 3.05) is 28.6 Å². The molecule has 2 aliphatic heterocycles. The van der Waals surface area contributed by atoms with Crippen molar-refractivity contribution in [2.45, 2.75) is 50.9 Å². The Kier molecular flexibility index (Phi) is 7.58. The molecule has 4 N–H and O–H groups in total. The number of nitrogens with one attached hydrogen (secondary N) is 4. The number of hydrogen-bond donors (Lipinski definition) is 4. The molecule has 1 aromatic heterocycles. The fraction of sp³-hybridized carbons (Fsp3) is 0.370. The lowest BCUT2D eigenvalue weighted by molar-refractivity contribution is -0.118. The lowest BCUT2D eigenvalue weighted by Gasteiger charge is -2.22. The van der Waals surface area contributed by atoms with Gasteiger partial charge in [-0.05, 0) is 74.2 Å². The Balaban J connectivity index is 1.20. The molecule has 2 unspecified atom stereocenters. The largest absolute Gasteiger partial charge is 0.363 e. The average Bonchev–Trinajstić information content (AvgIpc) is 3.69. The maximum absolute atomic E-state index is 12.4. The zero-order valence-electron chi connectivity index (χ0n) is 20.2. The molecular formula is C27H32N6O3. The van der Waals surface area contributed by atoms with Crippen molar-refractivity contribution in [3.63, 3.8) is 0 Å². The topological polar surface area (TPSA) is 112 Å². The Morgan fingerprint density at radius 3 is 1.69 bits per heavy atom. The van der Waals surface area contributed by atoms with Gasteiger partial charge < -0.3 is 30.7 Å².